The number of aryl methyl sites for hydroxylation is 2. The van der Waals surface area contributed by atoms with Crippen LogP contribution in [0.25, 0.3) is 0 Å². The molecule has 0 bridgehead atoms. The third-order valence-corrected chi connectivity index (χ3v) is 2.23. The molecule has 0 fully saturated rings. The van der Waals surface area contributed by atoms with E-state index in [4.69, 9.17) is 5.73 Å². The lowest BCUT2D eigenvalue weighted by atomic mass is 10.2. The predicted octanol–water partition coefficient (Wildman–Crippen LogP) is 2.49. The number of imidazole rings is 1. The van der Waals surface area contributed by atoms with E-state index in [1.54, 1.807) is 13.0 Å². The highest BCUT2D eigenvalue weighted by atomic mass is 19.1. The SMILES string of the molecule is Cc1ccc(Nc2nc(C)[nH]c2N)c(F)c1. The first-order chi connectivity index (χ1) is 7.56. The summed E-state index contributed by atoms with van der Waals surface area (Å²) in [6.45, 7) is 3.62. The molecule has 0 saturated heterocycles. The first-order valence-electron chi connectivity index (χ1n) is 4.91. The smallest absolute Gasteiger partial charge is 0.173 e. The number of benzene rings is 1. The van der Waals surface area contributed by atoms with Gasteiger partial charge in [-0.25, -0.2) is 9.37 Å². The van der Waals surface area contributed by atoms with Gasteiger partial charge in [-0.1, -0.05) is 6.07 Å². The number of nitrogens with two attached hydrogens (primary N) is 1. The van der Waals surface area contributed by atoms with Gasteiger partial charge in [0.05, 0.1) is 5.69 Å². The number of halogens is 1. The topological polar surface area (TPSA) is 66.7 Å². The fourth-order valence-electron chi connectivity index (χ4n) is 1.45. The van der Waals surface area contributed by atoms with Gasteiger partial charge in [0.1, 0.15) is 17.5 Å². The van der Waals surface area contributed by atoms with Gasteiger partial charge in [-0.15, -0.1) is 0 Å². The number of rotatable bonds is 2. The average molecular weight is 220 g/mol. The van der Waals surface area contributed by atoms with E-state index in [1.165, 1.54) is 6.07 Å². The Morgan fingerprint density at radius 3 is 2.69 bits per heavy atom. The summed E-state index contributed by atoms with van der Waals surface area (Å²) in [4.78, 5) is 6.95. The third-order valence-electron chi connectivity index (χ3n) is 2.23. The maximum Gasteiger partial charge on any atom is 0.173 e. The van der Waals surface area contributed by atoms with Crippen molar-refractivity contribution in [1.29, 1.82) is 0 Å². The normalized spacial score (nSPS) is 10.4. The highest BCUT2D eigenvalue weighted by Gasteiger charge is 2.08. The van der Waals surface area contributed by atoms with Crippen LogP contribution in [0.1, 0.15) is 11.4 Å². The second-order valence-electron chi connectivity index (χ2n) is 3.69. The fraction of sp³-hybridized carbons (Fsp3) is 0.182. The molecular formula is C11H13FN4. The number of hydrogen-bond acceptors (Lipinski definition) is 3. The summed E-state index contributed by atoms with van der Waals surface area (Å²) in [5.74, 6) is 1.21. The Balaban J connectivity index is 2.30. The van der Waals surface area contributed by atoms with Crippen molar-refractivity contribution in [3.05, 3.63) is 35.4 Å². The van der Waals surface area contributed by atoms with E-state index in [0.717, 1.165) is 5.56 Å². The molecule has 2 rings (SSSR count). The van der Waals surface area contributed by atoms with Crippen molar-refractivity contribution < 1.29 is 4.39 Å². The van der Waals surface area contributed by atoms with E-state index < -0.39 is 0 Å². The molecule has 0 radical (unpaired) electrons. The Kier molecular flexibility index (Phi) is 2.52. The largest absolute Gasteiger partial charge is 0.382 e. The number of aromatic amines is 1. The molecule has 4 N–H and O–H groups in total. The predicted molar refractivity (Wildman–Crippen MR) is 62.2 cm³/mol. The first kappa shape index (κ1) is 10.5. The van der Waals surface area contributed by atoms with E-state index in [1.807, 2.05) is 13.0 Å². The molecular weight excluding hydrogens is 207 g/mol. The van der Waals surface area contributed by atoms with Crippen LogP contribution in [0.15, 0.2) is 18.2 Å². The minimum Gasteiger partial charge on any atom is -0.382 e. The summed E-state index contributed by atoms with van der Waals surface area (Å²) in [5, 5.41) is 2.85. The van der Waals surface area contributed by atoms with Crippen molar-refractivity contribution in [2.45, 2.75) is 13.8 Å². The molecule has 1 heterocycles. The monoisotopic (exact) mass is 220 g/mol. The molecule has 0 saturated carbocycles. The molecule has 1 aromatic heterocycles. The van der Waals surface area contributed by atoms with Gasteiger partial charge in [0.2, 0.25) is 0 Å². The summed E-state index contributed by atoms with van der Waals surface area (Å²) >= 11 is 0. The minimum absolute atomic E-state index is 0.319. The van der Waals surface area contributed by atoms with Gasteiger partial charge in [0.25, 0.3) is 0 Å². The maximum absolute atomic E-state index is 13.5. The Labute approximate surface area is 92.7 Å². The number of nitrogens with one attached hydrogen (secondary N) is 2. The molecule has 0 spiro atoms. The van der Waals surface area contributed by atoms with Crippen LogP contribution in [0.5, 0.6) is 0 Å². The lowest BCUT2D eigenvalue weighted by Gasteiger charge is -2.05. The molecule has 2 aromatic rings. The molecule has 0 aliphatic heterocycles. The minimum atomic E-state index is -0.319. The van der Waals surface area contributed by atoms with Gasteiger partial charge in [-0.2, -0.15) is 0 Å². The Bertz CT molecular complexity index is 519. The van der Waals surface area contributed by atoms with Gasteiger partial charge < -0.3 is 16.0 Å². The van der Waals surface area contributed by atoms with Crippen molar-refractivity contribution in [3.8, 4) is 0 Å². The summed E-state index contributed by atoms with van der Waals surface area (Å²) in [7, 11) is 0. The molecule has 0 amide bonds. The summed E-state index contributed by atoms with van der Waals surface area (Å²) < 4.78 is 13.5. The second-order valence-corrected chi connectivity index (χ2v) is 3.69. The van der Waals surface area contributed by atoms with Crippen molar-refractivity contribution in [2.24, 2.45) is 0 Å². The number of anilines is 3. The van der Waals surface area contributed by atoms with Crippen molar-refractivity contribution >= 4 is 17.3 Å². The lowest BCUT2D eigenvalue weighted by molar-refractivity contribution is 0.630. The van der Waals surface area contributed by atoms with Crippen LogP contribution in [-0.4, -0.2) is 9.97 Å². The lowest BCUT2D eigenvalue weighted by Crippen LogP contribution is -1.97. The van der Waals surface area contributed by atoms with E-state index in [-0.39, 0.29) is 5.82 Å². The van der Waals surface area contributed by atoms with Crippen molar-refractivity contribution in [1.82, 2.24) is 9.97 Å². The van der Waals surface area contributed by atoms with Crippen LogP contribution in [0.3, 0.4) is 0 Å². The molecule has 0 atom stereocenters. The van der Waals surface area contributed by atoms with Crippen LogP contribution in [0.4, 0.5) is 21.7 Å². The maximum atomic E-state index is 13.5. The highest BCUT2D eigenvalue weighted by molar-refractivity contribution is 5.66. The summed E-state index contributed by atoms with van der Waals surface area (Å²) in [6, 6.07) is 4.94. The fourth-order valence-corrected chi connectivity index (χ4v) is 1.45. The van der Waals surface area contributed by atoms with Gasteiger partial charge in [-0.05, 0) is 31.5 Å². The second kappa shape index (κ2) is 3.84. The van der Waals surface area contributed by atoms with Crippen LogP contribution in [0, 0.1) is 19.7 Å². The van der Waals surface area contributed by atoms with Crippen LogP contribution in [-0.2, 0) is 0 Å². The molecule has 16 heavy (non-hydrogen) atoms. The summed E-state index contributed by atoms with van der Waals surface area (Å²) in [6.07, 6.45) is 0. The van der Waals surface area contributed by atoms with Gasteiger partial charge in [0.15, 0.2) is 5.82 Å². The molecule has 0 unspecified atom stereocenters. The average Bonchev–Trinajstić information content (AvgIpc) is 2.50. The Morgan fingerprint density at radius 1 is 1.38 bits per heavy atom. The number of nitrogen functional groups attached to an aromatic ring is 1. The van der Waals surface area contributed by atoms with Crippen molar-refractivity contribution in [3.63, 3.8) is 0 Å². The number of nitrogens with zero attached hydrogens (tertiary/aromatic N) is 1. The van der Waals surface area contributed by atoms with Crippen LogP contribution < -0.4 is 11.1 Å². The molecule has 4 nitrogen and oxygen atoms in total. The van der Waals surface area contributed by atoms with Crippen LogP contribution in [0.2, 0.25) is 0 Å². The standard InChI is InChI=1S/C11H13FN4/c1-6-3-4-9(8(12)5-6)16-11-10(13)14-7(2)15-11/h3-5,16H,13H2,1-2H3,(H,14,15). The molecule has 0 aliphatic rings. The van der Waals surface area contributed by atoms with Gasteiger partial charge in [-0.3, -0.25) is 0 Å². The van der Waals surface area contributed by atoms with E-state index in [2.05, 4.69) is 15.3 Å². The number of aromatic nitrogens is 2. The van der Waals surface area contributed by atoms with Gasteiger partial charge >= 0.3 is 0 Å². The van der Waals surface area contributed by atoms with E-state index >= 15 is 0 Å². The quantitative estimate of drug-likeness (QED) is 0.728. The first-order valence-corrected chi connectivity index (χ1v) is 4.91. The molecule has 84 valence electrons. The molecule has 1 aromatic carbocycles. The van der Waals surface area contributed by atoms with Crippen molar-refractivity contribution in [2.75, 3.05) is 11.1 Å². The molecule has 5 heteroatoms. The van der Waals surface area contributed by atoms with Crippen LogP contribution >= 0.6 is 0 Å². The van der Waals surface area contributed by atoms with E-state index in [0.29, 0.717) is 23.1 Å². The van der Waals surface area contributed by atoms with E-state index in [9.17, 15) is 4.39 Å². The highest BCUT2D eigenvalue weighted by Crippen LogP contribution is 2.23. The third kappa shape index (κ3) is 1.98. The number of hydrogen-bond donors (Lipinski definition) is 3. The Morgan fingerprint density at radius 2 is 2.12 bits per heavy atom. The Hall–Kier alpha value is -2.04. The van der Waals surface area contributed by atoms with Gasteiger partial charge in [0, 0.05) is 0 Å². The zero-order valence-electron chi connectivity index (χ0n) is 9.13. The number of H-pyrrole nitrogens is 1. The zero-order chi connectivity index (χ0) is 11.7. The zero-order valence-corrected chi connectivity index (χ0v) is 9.13. The molecule has 0 aliphatic carbocycles. The summed E-state index contributed by atoms with van der Waals surface area (Å²) in [5.41, 5.74) is 6.90.